The fourth-order valence-corrected chi connectivity index (χ4v) is 3.93. The van der Waals surface area contributed by atoms with E-state index in [4.69, 9.17) is 9.47 Å². The number of aromatic nitrogens is 3. The number of hydrogen-bond donors (Lipinski definition) is 1. The fourth-order valence-electron chi connectivity index (χ4n) is 3.11. The third-order valence-corrected chi connectivity index (χ3v) is 5.52. The van der Waals surface area contributed by atoms with Gasteiger partial charge in [0.25, 0.3) is 0 Å². The zero-order valence-corrected chi connectivity index (χ0v) is 17.8. The van der Waals surface area contributed by atoms with Gasteiger partial charge in [-0.3, -0.25) is 14.9 Å². The topological polar surface area (TPSA) is 94.8 Å². The summed E-state index contributed by atoms with van der Waals surface area (Å²) in [5, 5.41) is 9.01. The molecule has 0 fully saturated rings. The number of para-hydroxylation sites is 1. The molecule has 31 heavy (non-hydrogen) atoms. The molecule has 8 nitrogen and oxygen atoms in total. The van der Waals surface area contributed by atoms with E-state index < -0.39 is 0 Å². The first-order valence-corrected chi connectivity index (χ1v) is 10.4. The van der Waals surface area contributed by atoms with Crippen LogP contribution in [0.3, 0.4) is 0 Å². The van der Waals surface area contributed by atoms with Crippen LogP contribution in [0.4, 0.5) is 5.95 Å². The number of methoxy groups -OCH3 is 2. The maximum atomic E-state index is 12.3. The van der Waals surface area contributed by atoms with Gasteiger partial charge < -0.3 is 9.47 Å². The Hall–Kier alpha value is -3.72. The Morgan fingerprint density at radius 2 is 1.81 bits per heavy atom. The van der Waals surface area contributed by atoms with Gasteiger partial charge in [0, 0.05) is 29.3 Å². The van der Waals surface area contributed by atoms with E-state index in [1.807, 2.05) is 29.6 Å². The summed E-state index contributed by atoms with van der Waals surface area (Å²) in [5.41, 5.74) is 2.24. The lowest BCUT2D eigenvalue weighted by Crippen LogP contribution is -2.14. The Labute approximate surface area is 182 Å². The summed E-state index contributed by atoms with van der Waals surface area (Å²) in [6.07, 6.45) is 0.129. The zero-order chi connectivity index (χ0) is 21.8. The summed E-state index contributed by atoms with van der Waals surface area (Å²) in [6, 6.07) is 14.4. The molecule has 0 aliphatic heterocycles. The lowest BCUT2D eigenvalue weighted by molar-refractivity contribution is -0.116. The predicted molar refractivity (Wildman–Crippen MR) is 118 cm³/mol. The zero-order valence-electron chi connectivity index (χ0n) is 17.0. The van der Waals surface area contributed by atoms with Crippen LogP contribution in [-0.2, 0) is 4.79 Å². The molecule has 0 saturated carbocycles. The minimum atomic E-state index is -0.320. The van der Waals surface area contributed by atoms with Crippen molar-refractivity contribution >= 4 is 33.9 Å². The van der Waals surface area contributed by atoms with Gasteiger partial charge in [-0.05, 0) is 36.4 Å². The minimum Gasteiger partial charge on any atom is -0.497 e. The van der Waals surface area contributed by atoms with Crippen LogP contribution in [0.15, 0.2) is 53.9 Å². The van der Waals surface area contributed by atoms with Gasteiger partial charge in [0.2, 0.25) is 16.8 Å². The Morgan fingerprint density at radius 1 is 1.03 bits per heavy atom. The molecule has 2 heterocycles. The third-order valence-electron chi connectivity index (χ3n) is 4.71. The van der Waals surface area contributed by atoms with Crippen LogP contribution >= 0.6 is 11.3 Å². The smallest absolute Gasteiger partial charge is 0.250 e. The number of ether oxygens (including phenoxy) is 2. The van der Waals surface area contributed by atoms with E-state index in [0.29, 0.717) is 16.3 Å². The molecule has 0 spiro atoms. The highest BCUT2D eigenvalue weighted by atomic mass is 32.1. The maximum Gasteiger partial charge on any atom is 0.250 e. The monoisotopic (exact) mass is 436 g/mol. The molecular formula is C22H20N4O4S. The van der Waals surface area contributed by atoms with Gasteiger partial charge in [-0.15, -0.1) is 16.4 Å². The second kappa shape index (κ2) is 8.97. The minimum absolute atomic E-state index is 0.0388. The van der Waals surface area contributed by atoms with Crippen LogP contribution in [0, 0.1) is 0 Å². The van der Waals surface area contributed by atoms with Gasteiger partial charge in [-0.1, -0.05) is 12.1 Å². The molecule has 4 aromatic rings. The predicted octanol–water partition coefficient (Wildman–Crippen LogP) is 4.08. The molecular weight excluding hydrogens is 416 g/mol. The van der Waals surface area contributed by atoms with Crippen molar-refractivity contribution in [2.75, 3.05) is 19.5 Å². The van der Waals surface area contributed by atoms with Crippen molar-refractivity contribution in [1.29, 1.82) is 0 Å². The molecule has 0 aliphatic rings. The van der Waals surface area contributed by atoms with Gasteiger partial charge in [0.15, 0.2) is 5.78 Å². The molecule has 0 radical (unpaired) electrons. The van der Waals surface area contributed by atoms with Gasteiger partial charge in [-0.2, -0.15) is 4.98 Å². The number of Topliss-reactive ketones (excluding diaryl/α,β-unsaturated/α-hetero) is 1. The number of fused-ring (bicyclic) bond motifs is 1. The van der Waals surface area contributed by atoms with Gasteiger partial charge in [0.1, 0.15) is 11.5 Å². The second-order valence-electron chi connectivity index (χ2n) is 6.65. The van der Waals surface area contributed by atoms with E-state index in [1.54, 1.807) is 43.0 Å². The third kappa shape index (κ3) is 4.41. The molecule has 0 aliphatic carbocycles. The largest absolute Gasteiger partial charge is 0.497 e. The summed E-state index contributed by atoms with van der Waals surface area (Å²) in [4.78, 5) is 29.6. The van der Waals surface area contributed by atoms with Gasteiger partial charge >= 0.3 is 0 Å². The number of nitrogens with zero attached hydrogens (tertiary/aromatic N) is 3. The molecule has 1 amide bonds. The fraction of sp³-hybridized carbons (Fsp3) is 0.182. The number of carbonyl (C=O) groups is 2. The first-order chi connectivity index (χ1) is 15.1. The Morgan fingerprint density at radius 3 is 2.55 bits per heavy atom. The summed E-state index contributed by atoms with van der Waals surface area (Å²) < 4.78 is 12.2. The SMILES string of the molecule is COc1ccc(C(=O)CCC(=O)Nc2nc3scc(-c4ccccc4OC)n3n2)cc1. The number of amides is 1. The Kier molecular flexibility index (Phi) is 5.94. The van der Waals surface area contributed by atoms with Crippen molar-refractivity contribution in [3.05, 3.63) is 59.5 Å². The highest BCUT2D eigenvalue weighted by molar-refractivity contribution is 7.15. The quantitative estimate of drug-likeness (QED) is 0.418. The van der Waals surface area contributed by atoms with Crippen molar-refractivity contribution in [3.8, 4) is 22.8 Å². The molecule has 2 aromatic heterocycles. The highest BCUT2D eigenvalue weighted by Crippen LogP contribution is 2.32. The number of nitrogens with one attached hydrogen (secondary N) is 1. The second-order valence-corrected chi connectivity index (χ2v) is 7.49. The van der Waals surface area contributed by atoms with E-state index in [2.05, 4.69) is 15.4 Å². The molecule has 1 N–H and O–H groups in total. The summed E-state index contributed by atoms with van der Waals surface area (Å²) in [6.45, 7) is 0. The molecule has 0 unspecified atom stereocenters. The van der Waals surface area contributed by atoms with E-state index in [9.17, 15) is 9.59 Å². The molecule has 0 atom stereocenters. The number of thiazole rings is 1. The van der Waals surface area contributed by atoms with Crippen molar-refractivity contribution in [1.82, 2.24) is 14.6 Å². The van der Waals surface area contributed by atoms with Crippen LogP contribution in [0.25, 0.3) is 16.2 Å². The van der Waals surface area contributed by atoms with Crippen LogP contribution in [0.1, 0.15) is 23.2 Å². The van der Waals surface area contributed by atoms with Crippen molar-refractivity contribution in [3.63, 3.8) is 0 Å². The van der Waals surface area contributed by atoms with Crippen molar-refractivity contribution in [2.24, 2.45) is 0 Å². The van der Waals surface area contributed by atoms with Gasteiger partial charge in [-0.25, -0.2) is 4.52 Å². The number of benzene rings is 2. The van der Waals surface area contributed by atoms with E-state index in [0.717, 1.165) is 17.0 Å². The van der Waals surface area contributed by atoms with Crippen molar-refractivity contribution < 1.29 is 19.1 Å². The molecule has 158 valence electrons. The number of ketones is 1. The summed E-state index contributed by atoms with van der Waals surface area (Å²) >= 11 is 1.41. The van der Waals surface area contributed by atoms with Crippen molar-refractivity contribution in [2.45, 2.75) is 12.8 Å². The number of hydrogen-bond acceptors (Lipinski definition) is 7. The van der Waals surface area contributed by atoms with Crippen LogP contribution in [0.2, 0.25) is 0 Å². The lowest BCUT2D eigenvalue weighted by Gasteiger charge is -2.06. The van der Waals surface area contributed by atoms with Crippen LogP contribution < -0.4 is 14.8 Å². The van der Waals surface area contributed by atoms with Gasteiger partial charge in [0.05, 0.1) is 19.9 Å². The normalized spacial score (nSPS) is 10.8. The molecule has 9 heteroatoms. The average molecular weight is 436 g/mol. The highest BCUT2D eigenvalue weighted by Gasteiger charge is 2.16. The number of rotatable bonds is 8. The first-order valence-electron chi connectivity index (χ1n) is 9.54. The molecule has 0 bridgehead atoms. The summed E-state index contributed by atoms with van der Waals surface area (Å²) in [5.74, 6) is 1.16. The summed E-state index contributed by atoms with van der Waals surface area (Å²) in [7, 11) is 3.18. The van der Waals surface area contributed by atoms with E-state index in [1.165, 1.54) is 11.3 Å². The first kappa shape index (κ1) is 20.5. The molecule has 2 aromatic carbocycles. The maximum absolute atomic E-state index is 12.3. The van der Waals surface area contributed by atoms with E-state index >= 15 is 0 Å². The van der Waals surface area contributed by atoms with Crippen LogP contribution in [-0.4, -0.2) is 40.5 Å². The molecule has 0 saturated heterocycles. The average Bonchev–Trinajstić information content (AvgIpc) is 3.37. The Balaban J connectivity index is 1.42. The standard InChI is InChI=1S/C22H20N4O4S/c1-29-15-9-7-14(8-10-15)18(27)11-12-20(28)23-21-24-22-26(25-21)17(13-31-22)16-5-3-4-6-19(16)30-2/h3-10,13H,11-12H2,1-2H3,(H,23,25,28). The lowest BCUT2D eigenvalue weighted by atomic mass is 10.1. The molecule has 4 rings (SSSR count). The number of carbonyl (C=O) groups excluding carboxylic acids is 2. The van der Waals surface area contributed by atoms with Crippen LogP contribution in [0.5, 0.6) is 11.5 Å². The Bertz CT molecular complexity index is 1230. The number of anilines is 1. The van der Waals surface area contributed by atoms with E-state index in [-0.39, 0.29) is 30.5 Å².